The van der Waals surface area contributed by atoms with Crippen LogP contribution in [0.5, 0.6) is 0 Å². The Bertz CT molecular complexity index is 312. The molecule has 18 heavy (non-hydrogen) atoms. The van der Waals surface area contributed by atoms with Gasteiger partial charge in [0.05, 0.1) is 0 Å². The van der Waals surface area contributed by atoms with E-state index in [2.05, 4.69) is 28.1 Å². The van der Waals surface area contributed by atoms with Crippen LogP contribution in [0.15, 0.2) is 17.5 Å². The van der Waals surface area contributed by atoms with Crippen molar-refractivity contribution in [3.63, 3.8) is 0 Å². The lowest BCUT2D eigenvalue weighted by Crippen LogP contribution is -2.26. The second-order valence-corrected chi connectivity index (χ2v) is 5.48. The zero-order valence-corrected chi connectivity index (χ0v) is 12.0. The van der Waals surface area contributed by atoms with Crippen molar-refractivity contribution in [1.82, 2.24) is 10.6 Å². The Balaban J connectivity index is 1.89. The van der Waals surface area contributed by atoms with Crippen LogP contribution in [-0.4, -0.2) is 26.0 Å². The number of rotatable bonds is 10. The van der Waals surface area contributed by atoms with Crippen molar-refractivity contribution in [3.05, 3.63) is 22.4 Å². The van der Waals surface area contributed by atoms with Crippen molar-refractivity contribution in [2.24, 2.45) is 0 Å². The Hall–Kier alpha value is -0.870. The first-order valence-electron chi connectivity index (χ1n) is 6.76. The van der Waals surface area contributed by atoms with Crippen LogP contribution in [0, 0.1) is 0 Å². The van der Waals surface area contributed by atoms with E-state index in [9.17, 15) is 4.79 Å². The number of carbonyl (C=O) groups excluding carboxylic acids is 1. The number of nitrogens with one attached hydrogen (secondary N) is 2. The maximum Gasteiger partial charge on any atom is 0.219 e. The van der Waals surface area contributed by atoms with Gasteiger partial charge in [-0.15, -0.1) is 11.3 Å². The largest absolute Gasteiger partial charge is 0.356 e. The fourth-order valence-electron chi connectivity index (χ4n) is 1.80. The second kappa shape index (κ2) is 10.1. The quantitative estimate of drug-likeness (QED) is 0.640. The highest BCUT2D eigenvalue weighted by Crippen LogP contribution is 2.13. The van der Waals surface area contributed by atoms with Crippen LogP contribution >= 0.6 is 11.3 Å². The van der Waals surface area contributed by atoms with Gasteiger partial charge in [-0.3, -0.25) is 4.79 Å². The normalized spacial score (nSPS) is 10.5. The van der Waals surface area contributed by atoms with E-state index in [-0.39, 0.29) is 5.91 Å². The smallest absolute Gasteiger partial charge is 0.219 e. The van der Waals surface area contributed by atoms with E-state index in [0.717, 1.165) is 38.8 Å². The van der Waals surface area contributed by atoms with Crippen LogP contribution in [0.25, 0.3) is 0 Å². The molecule has 4 heteroatoms. The molecular weight excluding hydrogens is 244 g/mol. The lowest BCUT2D eigenvalue weighted by atomic mass is 10.1. The van der Waals surface area contributed by atoms with Crippen LogP contribution in [0.2, 0.25) is 0 Å². The van der Waals surface area contributed by atoms with Crippen molar-refractivity contribution in [2.45, 2.75) is 38.5 Å². The maximum absolute atomic E-state index is 11.5. The summed E-state index contributed by atoms with van der Waals surface area (Å²) in [5, 5.41) is 8.13. The Labute approximate surface area is 114 Å². The molecule has 0 radical (unpaired) electrons. The molecule has 0 aliphatic rings. The standard InChI is InChI=1S/C14H24N2OS/c1-15-10-6-11-16-14(17)9-4-2-3-7-13-8-5-12-18-13/h5,8,12,15H,2-4,6-7,9-11H2,1H3,(H,16,17). The first-order valence-corrected chi connectivity index (χ1v) is 7.64. The Kier molecular flexibility index (Phi) is 8.51. The molecule has 0 aliphatic carbocycles. The molecule has 0 saturated carbocycles. The SMILES string of the molecule is CNCCCNC(=O)CCCCCc1cccs1. The van der Waals surface area contributed by atoms with Crippen molar-refractivity contribution in [1.29, 1.82) is 0 Å². The summed E-state index contributed by atoms with van der Waals surface area (Å²) >= 11 is 1.82. The highest BCUT2D eigenvalue weighted by molar-refractivity contribution is 7.09. The highest BCUT2D eigenvalue weighted by Gasteiger charge is 2.00. The summed E-state index contributed by atoms with van der Waals surface area (Å²) in [7, 11) is 1.93. The first-order chi connectivity index (χ1) is 8.83. The Morgan fingerprint density at radius 2 is 2.11 bits per heavy atom. The van der Waals surface area contributed by atoms with Gasteiger partial charge in [-0.1, -0.05) is 12.5 Å². The molecule has 1 rings (SSSR count). The van der Waals surface area contributed by atoms with Crippen LogP contribution in [-0.2, 0) is 11.2 Å². The van der Waals surface area contributed by atoms with Crippen LogP contribution < -0.4 is 10.6 Å². The van der Waals surface area contributed by atoms with Crippen molar-refractivity contribution in [2.75, 3.05) is 20.1 Å². The number of hydrogen-bond acceptors (Lipinski definition) is 3. The second-order valence-electron chi connectivity index (χ2n) is 4.45. The number of aryl methyl sites for hydroxylation is 1. The maximum atomic E-state index is 11.5. The van der Waals surface area contributed by atoms with Gasteiger partial charge in [0, 0.05) is 17.8 Å². The summed E-state index contributed by atoms with van der Waals surface area (Å²) in [6, 6.07) is 4.28. The zero-order valence-electron chi connectivity index (χ0n) is 11.2. The minimum Gasteiger partial charge on any atom is -0.356 e. The topological polar surface area (TPSA) is 41.1 Å². The van der Waals surface area contributed by atoms with Gasteiger partial charge in [0.15, 0.2) is 0 Å². The molecule has 2 N–H and O–H groups in total. The van der Waals surface area contributed by atoms with Gasteiger partial charge in [-0.05, 0) is 50.7 Å². The fraction of sp³-hybridized carbons (Fsp3) is 0.643. The van der Waals surface area contributed by atoms with Crippen molar-refractivity contribution < 1.29 is 4.79 Å². The van der Waals surface area contributed by atoms with Gasteiger partial charge in [0.25, 0.3) is 0 Å². The first kappa shape index (κ1) is 15.2. The Morgan fingerprint density at radius 1 is 1.22 bits per heavy atom. The third kappa shape index (κ3) is 7.45. The van der Waals surface area contributed by atoms with E-state index in [1.54, 1.807) is 0 Å². The zero-order chi connectivity index (χ0) is 13.1. The summed E-state index contributed by atoms with van der Waals surface area (Å²) in [5.74, 6) is 0.197. The van der Waals surface area contributed by atoms with Crippen molar-refractivity contribution in [3.8, 4) is 0 Å². The summed E-state index contributed by atoms with van der Waals surface area (Å²) in [6.45, 7) is 1.75. The van der Waals surface area contributed by atoms with E-state index in [4.69, 9.17) is 0 Å². The molecule has 1 amide bonds. The monoisotopic (exact) mass is 268 g/mol. The van der Waals surface area contributed by atoms with E-state index in [1.807, 2.05) is 18.4 Å². The molecule has 0 atom stereocenters. The third-order valence-corrected chi connectivity index (χ3v) is 3.77. The van der Waals surface area contributed by atoms with Gasteiger partial charge < -0.3 is 10.6 Å². The average Bonchev–Trinajstić information content (AvgIpc) is 2.87. The van der Waals surface area contributed by atoms with Crippen LogP contribution in [0.1, 0.15) is 37.0 Å². The molecule has 0 saturated heterocycles. The molecule has 0 spiro atoms. The number of unbranched alkanes of at least 4 members (excludes halogenated alkanes) is 2. The van der Waals surface area contributed by atoms with Gasteiger partial charge in [0.1, 0.15) is 0 Å². The van der Waals surface area contributed by atoms with Gasteiger partial charge >= 0.3 is 0 Å². The summed E-state index contributed by atoms with van der Waals surface area (Å²) in [5.41, 5.74) is 0. The summed E-state index contributed by atoms with van der Waals surface area (Å²) in [6.07, 6.45) is 6.16. The van der Waals surface area contributed by atoms with Crippen molar-refractivity contribution >= 4 is 17.2 Å². The molecule has 1 heterocycles. The number of amides is 1. The molecule has 0 unspecified atom stereocenters. The minimum atomic E-state index is 0.197. The molecule has 1 aromatic heterocycles. The van der Waals surface area contributed by atoms with E-state index < -0.39 is 0 Å². The lowest BCUT2D eigenvalue weighted by molar-refractivity contribution is -0.121. The molecular formula is C14H24N2OS. The molecule has 0 aliphatic heterocycles. The highest BCUT2D eigenvalue weighted by atomic mass is 32.1. The molecule has 0 fully saturated rings. The average molecular weight is 268 g/mol. The minimum absolute atomic E-state index is 0.197. The number of thiophene rings is 1. The van der Waals surface area contributed by atoms with E-state index in [0.29, 0.717) is 6.42 Å². The van der Waals surface area contributed by atoms with E-state index >= 15 is 0 Å². The molecule has 0 aromatic carbocycles. The molecule has 0 bridgehead atoms. The van der Waals surface area contributed by atoms with Gasteiger partial charge in [-0.25, -0.2) is 0 Å². The van der Waals surface area contributed by atoms with Gasteiger partial charge in [-0.2, -0.15) is 0 Å². The number of hydrogen-bond donors (Lipinski definition) is 2. The molecule has 3 nitrogen and oxygen atoms in total. The van der Waals surface area contributed by atoms with Crippen LogP contribution in [0.3, 0.4) is 0 Å². The molecule has 102 valence electrons. The fourth-order valence-corrected chi connectivity index (χ4v) is 2.55. The predicted octanol–water partition coefficient (Wildman–Crippen LogP) is 2.58. The number of carbonyl (C=O) groups is 1. The summed E-state index contributed by atoms with van der Waals surface area (Å²) < 4.78 is 0. The predicted molar refractivity (Wildman–Crippen MR) is 78.0 cm³/mol. The summed E-state index contributed by atoms with van der Waals surface area (Å²) in [4.78, 5) is 12.9. The molecule has 1 aromatic rings. The lowest BCUT2D eigenvalue weighted by Gasteiger charge is -2.04. The Morgan fingerprint density at radius 3 is 2.83 bits per heavy atom. The van der Waals surface area contributed by atoms with Gasteiger partial charge in [0.2, 0.25) is 5.91 Å². The van der Waals surface area contributed by atoms with E-state index in [1.165, 1.54) is 11.3 Å². The third-order valence-electron chi connectivity index (χ3n) is 2.83. The van der Waals surface area contributed by atoms with Crippen LogP contribution in [0.4, 0.5) is 0 Å².